The highest BCUT2D eigenvalue weighted by Crippen LogP contribution is 2.36. The normalized spacial score (nSPS) is 29.0. The molecule has 2 fully saturated rings. The molecule has 3 rings (SSSR count). The van der Waals surface area contributed by atoms with Crippen LogP contribution in [0, 0.1) is 11.8 Å². The van der Waals surface area contributed by atoms with E-state index >= 15 is 0 Å². The number of halogens is 1. The maximum absolute atomic E-state index is 6.30. The van der Waals surface area contributed by atoms with E-state index in [2.05, 4.69) is 29.2 Å². The van der Waals surface area contributed by atoms with Crippen molar-refractivity contribution >= 4 is 12.4 Å². The van der Waals surface area contributed by atoms with E-state index in [0.29, 0.717) is 12.6 Å². The van der Waals surface area contributed by atoms with Gasteiger partial charge in [-0.05, 0) is 35.8 Å². The Morgan fingerprint density at radius 1 is 1.24 bits per heavy atom. The van der Waals surface area contributed by atoms with E-state index in [4.69, 9.17) is 10.5 Å². The van der Waals surface area contributed by atoms with Gasteiger partial charge in [-0.1, -0.05) is 30.7 Å². The van der Waals surface area contributed by atoms with Crippen LogP contribution in [0.5, 0.6) is 0 Å². The van der Waals surface area contributed by atoms with Crippen LogP contribution < -0.4 is 5.73 Å². The lowest BCUT2D eigenvalue weighted by molar-refractivity contribution is 0.184. The molecule has 2 N–H and O–H groups in total. The summed E-state index contributed by atoms with van der Waals surface area (Å²) in [5.41, 5.74) is 8.95. The molecule has 3 nitrogen and oxygen atoms in total. The SMILES string of the molecule is COCc1cccc(CN2CC3CCCC(N)C3C2)c1.Cl. The predicted molar refractivity (Wildman–Crippen MR) is 88.5 cm³/mol. The molecule has 0 aromatic heterocycles. The minimum Gasteiger partial charge on any atom is -0.380 e. The number of rotatable bonds is 4. The van der Waals surface area contributed by atoms with Gasteiger partial charge in [0.1, 0.15) is 0 Å². The van der Waals surface area contributed by atoms with Gasteiger partial charge in [0.2, 0.25) is 0 Å². The van der Waals surface area contributed by atoms with E-state index in [1.165, 1.54) is 43.5 Å². The summed E-state index contributed by atoms with van der Waals surface area (Å²) in [5.74, 6) is 1.56. The largest absolute Gasteiger partial charge is 0.380 e. The highest BCUT2D eigenvalue weighted by Gasteiger charge is 2.38. The van der Waals surface area contributed by atoms with E-state index in [0.717, 1.165) is 18.4 Å². The van der Waals surface area contributed by atoms with Gasteiger partial charge in [0.05, 0.1) is 6.61 Å². The van der Waals surface area contributed by atoms with Gasteiger partial charge in [-0.15, -0.1) is 12.4 Å². The first kappa shape index (κ1) is 16.8. The van der Waals surface area contributed by atoms with E-state index in [1.54, 1.807) is 7.11 Å². The van der Waals surface area contributed by atoms with Gasteiger partial charge in [-0.3, -0.25) is 4.90 Å². The van der Waals surface area contributed by atoms with Crippen molar-refractivity contribution < 1.29 is 4.74 Å². The van der Waals surface area contributed by atoms with Crippen molar-refractivity contribution in [2.75, 3.05) is 20.2 Å². The maximum Gasteiger partial charge on any atom is 0.0713 e. The lowest BCUT2D eigenvalue weighted by atomic mass is 9.78. The third kappa shape index (κ3) is 3.98. The Morgan fingerprint density at radius 2 is 2.05 bits per heavy atom. The molecule has 0 spiro atoms. The lowest BCUT2D eigenvalue weighted by Gasteiger charge is -2.29. The van der Waals surface area contributed by atoms with Crippen LogP contribution in [0.25, 0.3) is 0 Å². The van der Waals surface area contributed by atoms with Crippen LogP contribution in [-0.2, 0) is 17.9 Å². The van der Waals surface area contributed by atoms with E-state index in [9.17, 15) is 0 Å². The van der Waals surface area contributed by atoms with Gasteiger partial charge in [0, 0.05) is 32.8 Å². The topological polar surface area (TPSA) is 38.5 Å². The fraction of sp³-hybridized carbons (Fsp3) is 0.647. The Bertz CT molecular complexity index is 454. The summed E-state index contributed by atoms with van der Waals surface area (Å²) in [6.07, 6.45) is 3.91. The first-order valence-electron chi connectivity index (χ1n) is 7.81. The van der Waals surface area contributed by atoms with Gasteiger partial charge < -0.3 is 10.5 Å². The average molecular weight is 311 g/mol. The van der Waals surface area contributed by atoms with Crippen molar-refractivity contribution in [3.05, 3.63) is 35.4 Å². The summed E-state index contributed by atoms with van der Waals surface area (Å²) < 4.78 is 5.21. The minimum absolute atomic E-state index is 0. The molecule has 3 atom stereocenters. The molecule has 118 valence electrons. The molecule has 21 heavy (non-hydrogen) atoms. The van der Waals surface area contributed by atoms with E-state index < -0.39 is 0 Å². The van der Waals surface area contributed by atoms with Crippen molar-refractivity contribution in [2.24, 2.45) is 17.6 Å². The summed E-state index contributed by atoms with van der Waals surface area (Å²) >= 11 is 0. The first-order valence-corrected chi connectivity index (χ1v) is 7.81. The molecular weight excluding hydrogens is 284 g/mol. The number of nitrogens with zero attached hydrogens (tertiary/aromatic N) is 1. The van der Waals surface area contributed by atoms with Crippen LogP contribution in [0.3, 0.4) is 0 Å². The number of hydrogen-bond acceptors (Lipinski definition) is 3. The second-order valence-electron chi connectivity index (χ2n) is 6.47. The smallest absolute Gasteiger partial charge is 0.0713 e. The Hall–Kier alpha value is -0.610. The Labute approximate surface area is 134 Å². The van der Waals surface area contributed by atoms with Gasteiger partial charge in [-0.2, -0.15) is 0 Å². The molecule has 1 aromatic carbocycles. The van der Waals surface area contributed by atoms with Crippen molar-refractivity contribution in [3.8, 4) is 0 Å². The van der Waals surface area contributed by atoms with Crippen molar-refractivity contribution in [1.82, 2.24) is 4.90 Å². The molecule has 1 aromatic rings. The minimum atomic E-state index is 0. The highest BCUT2D eigenvalue weighted by molar-refractivity contribution is 5.85. The summed E-state index contributed by atoms with van der Waals surface area (Å²) in [6, 6.07) is 9.19. The Balaban J connectivity index is 0.00000161. The standard InChI is InChI=1S/C17H26N2O.ClH/c1-20-12-14-5-2-4-13(8-14)9-19-10-15-6-3-7-17(18)16(15)11-19;/h2,4-5,8,15-17H,3,6-7,9-12,18H2,1H3;1H. The first-order chi connectivity index (χ1) is 9.76. The summed E-state index contributed by atoms with van der Waals surface area (Å²) in [6.45, 7) is 4.16. The molecule has 2 aliphatic rings. The number of hydrogen-bond donors (Lipinski definition) is 1. The molecule has 1 aliphatic carbocycles. The molecule has 0 bridgehead atoms. The predicted octanol–water partition coefficient (Wildman–Crippen LogP) is 2.81. The fourth-order valence-corrected chi connectivity index (χ4v) is 3.98. The molecule has 3 unspecified atom stereocenters. The zero-order valence-corrected chi connectivity index (χ0v) is 13.6. The summed E-state index contributed by atoms with van der Waals surface area (Å²) in [5, 5.41) is 0. The Kier molecular flexibility index (Phi) is 6.06. The van der Waals surface area contributed by atoms with Crippen molar-refractivity contribution in [2.45, 2.75) is 38.5 Å². The van der Waals surface area contributed by atoms with Crippen LogP contribution in [0.1, 0.15) is 30.4 Å². The van der Waals surface area contributed by atoms with Crippen LogP contribution in [0.4, 0.5) is 0 Å². The third-order valence-electron chi connectivity index (χ3n) is 4.94. The van der Waals surface area contributed by atoms with Crippen LogP contribution in [0.15, 0.2) is 24.3 Å². The van der Waals surface area contributed by atoms with Crippen molar-refractivity contribution in [1.29, 1.82) is 0 Å². The fourth-order valence-electron chi connectivity index (χ4n) is 3.98. The quantitative estimate of drug-likeness (QED) is 0.929. The number of nitrogens with two attached hydrogens (primary N) is 1. The van der Waals surface area contributed by atoms with Gasteiger partial charge in [-0.25, -0.2) is 0 Å². The van der Waals surface area contributed by atoms with E-state index in [-0.39, 0.29) is 12.4 Å². The molecule has 1 saturated heterocycles. The van der Waals surface area contributed by atoms with Gasteiger partial charge in [0.15, 0.2) is 0 Å². The van der Waals surface area contributed by atoms with Crippen LogP contribution >= 0.6 is 12.4 Å². The van der Waals surface area contributed by atoms with Gasteiger partial charge in [0.25, 0.3) is 0 Å². The number of fused-ring (bicyclic) bond motifs is 1. The zero-order valence-electron chi connectivity index (χ0n) is 12.8. The molecule has 0 amide bonds. The second-order valence-corrected chi connectivity index (χ2v) is 6.47. The highest BCUT2D eigenvalue weighted by atomic mass is 35.5. The molecule has 0 radical (unpaired) electrons. The number of likely N-dealkylation sites (tertiary alicyclic amines) is 1. The molecular formula is C17H27ClN2O. The van der Waals surface area contributed by atoms with Crippen LogP contribution in [0.2, 0.25) is 0 Å². The Morgan fingerprint density at radius 3 is 2.81 bits per heavy atom. The van der Waals surface area contributed by atoms with E-state index in [1.807, 2.05) is 0 Å². The third-order valence-corrected chi connectivity index (χ3v) is 4.94. The molecule has 1 saturated carbocycles. The molecule has 1 heterocycles. The summed E-state index contributed by atoms with van der Waals surface area (Å²) in [7, 11) is 1.75. The van der Waals surface area contributed by atoms with Crippen LogP contribution in [-0.4, -0.2) is 31.1 Å². The van der Waals surface area contributed by atoms with Crippen molar-refractivity contribution in [3.63, 3.8) is 0 Å². The lowest BCUT2D eigenvalue weighted by Crippen LogP contribution is -2.38. The summed E-state index contributed by atoms with van der Waals surface area (Å²) in [4.78, 5) is 2.59. The number of methoxy groups -OCH3 is 1. The number of benzene rings is 1. The van der Waals surface area contributed by atoms with Gasteiger partial charge >= 0.3 is 0 Å². The monoisotopic (exact) mass is 310 g/mol. The average Bonchev–Trinajstić information content (AvgIpc) is 2.83. The number of ether oxygens (including phenoxy) is 1. The second kappa shape index (κ2) is 7.59. The molecule has 1 aliphatic heterocycles. The zero-order chi connectivity index (χ0) is 13.9. The molecule has 4 heteroatoms. The maximum atomic E-state index is 6.30.